The van der Waals surface area contributed by atoms with Crippen LogP contribution in [0.4, 0.5) is 15.8 Å². The Kier molecular flexibility index (Phi) is 3.87. The van der Waals surface area contributed by atoms with Gasteiger partial charge in [-0.1, -0.05) is 6.07 Å². The Morgan fingerprint density at radius 2 is 1.89 bits per heavy atom. The van der Waals surface area contributed by atoms with Crippen molar-refractivity contribution in [3.8, 4) is 6.07 Å². The van der Waals surface area contributed by atoms with Crippen LogP contribution in [0.2, 0.25) is 0 Å². The summed E-state index contributed by atoms with van der Waals surface area (Å²) in [5.41, 5.74) is 3.76. The van der Waals surface area contributed by atoms with Gasteiger partial charge in [0.1, 0.15) is 6.07 Å². The summed E-state index contributed by atoms with van der Waals surface area (Å²) < 4.78 is 14.2. The van der Waals surface area contributed by atoms with Gasteiger partial charge in [0.2, 0.25) is 0 Å². The van der Waals surface area contributed by atoms with Crippen molar-refractivity contribution in [1.29, 1.82) is 5.26 Å². The van der Waals surface area contributed by atoms with E-state index in [0.717, 1.165) is 11.3 Å². The van der Waals surface area contributed by atoms with Gasteiger partial charge >= 0.3 is 0 Å². The molecule has 0 saturated carbocycles. The maximum absolute atomic E-state index is 14.1. The fraction of sp³-hybridized carbons (Fsp3) is 0.133. The summed E-state index contributed by atoms with van der Waals surface area (Å²) in [6.07, 6.45) is 0. The maximum atomic E-state index is 14.1. The predicted octanol–water partition coefficient (Wildman–Crippen LogP) is 4.82. The Bertz CT molecular complexity index is 675. The second kappa shape index (κ2) is 5.41. The van der Waals surface area contributed by atoms with Crippen LogP contribution in [0.3, 0.4) is 0 Å². The first-order valence-corrected chi connectivity index (χ1v) is 6.54. The summed E-state index contributed by atoms with van der Waals surface area (Å²) in [5, 5.41) is 11.8. The lowest BCUT2D eigenvalue weighted by atomic mass is 10.1. The highest BCUT2D eigenvalue weighted by Crippen LogP contribution is 2.29. The lowest BCUT2D eigenvalue weighted by molar-refractivity contribution is 0.624. The Morgan fingerprint density at radius 1 is 1.16 bits per heavy atom. The summed E-state index contributed by atoms with van der Waals surface area (Å²) in [5.74, 6) is -0.461. The number of nitrogens with zero attached hydrogens (tertiary/aromatic N) is 1. The van der Waals surface area contributed by atoms with Gasteiger partial charge in [-0.05, 0) is 65.2 Å². The van der Waals surface area contributed by atoms with Gasteiger partial charge in [0.05, 0.1) is 15.7 Å². The highest BCUT2D eigenvalue weighted by Gasteiger charge is 2.11. The van der Waals surface area contributed by atoms with Gasteiger partial charge in [-0.3, -0.25) is 0 Å². The fourth-order valence-corrected chi connectivity index (χ4v) is 2.14. The molecule has 0 aliphatic carbocycles. The van der Waals surface area contributed by atoms with Crippen molar-refractivity contribution in [2.24, 2.45) is 0 Å². The number of hydrogen-bond acceptors (Lipinski definition) is 2. The number of nitrogens with one attached hydrogen (secondary N) is 1. The van der Waals surface area contributed by atoms with E-state index in [1.165, 1.54) is 5.56 Å². The Morgan fingerprint density at radius 3 is 2.53 bits per heavy atom. The van der Waals surface area contributed by atoms with Gasteiger partial charge in [-0.15, -0.1) is 0 Å². The normalized spacial score (nSPS) is 10.1. The quantitative estimate of drug-likeness (QED) is 0.861. The summed E-state index contributed by atoms with van der Waals surface area (Å²) in [6.45, 7) is 4.03. The first-order chi connectivity index (χ1) is 9.02. The Hall–Kier alpha value is -1.86. The van der Waals surface area contributed by atoms with Crippen molar-refractivity contribution in [3.63, 3.8) is 0 Å². The highest BCUT2D eigenvalue weighted by molar-refractivity contribution is 9.10. The molecule has 0 unspecified atom stereocenters. The number of rotatable bonds is 2. The van der Waals surface area contributed by atoms with Gasteiger partial charge in [-0.25, -0.2) is 4.39 Å². The minimum Gasteiger partial charge on any atom is -0.353 e. The topological polar surface area (TPSA) is 35.8 Å². The van der Waals surface area contributed by atoms with Crippen LogP contribution < -0.4 is 5.32 Å². The third-order valence-corrected chi connectivity index (χ3v) is 3.76. The zero-order valence-electron chi connectivity index (χ0n) is 10.6. The van der Waals surface area contributed by atoms with Crippen LogP contribution in [0.15, 0.2) is 34.8 Å². The van der Waals surface area contributed by atoms with Crippen LogP contribution in [-0.4, -0.2) is 0 Å². The molecule has 19 heavy (non-hydrogen) atoms. The molecule has 1 N–H and O–H groups in total. The van der Waals surface area contributed by atoms with Crippen LogP contribution >= 0.6 is 15.9 Å². The number of nitriles is 1. The highest BCUT2D eigenvalue weighted by atomic mass is 79.9. The van der Waals surface area contributed by atoms with E-state index < -0.39 is 5.82 Å². The minimum atomic E-state index is -0.461. The molecule has 2 aromatic rings. The molecule has 0 radical (unpaired) electrons. The first kappa shape index (κ1) is 13.6. The van der Waals surface area contributed by atoms with Crippen molar-refractivity contribution < 1.29 is 4.39 Å². The summed E-state index contributed by atoms with van der Waals surface area (Å²) in [6, 6.07) is 10.9. The molecule has 2 rings (SSSR count). The van der Waals surface area contributed by atoms with Gasteiger partial charge in [0.15, 0.2) is 5.82 Å². The van der Waals surface area contributed by atoms with E-state index in [4.69, 9.17) is 5.26 Å². The molecule has 2 nitrogen and oxygen atoms in total. The third-order valence-electron chi connectivity index (χ3n) is 2.99. The second-order valence-corrected chi connectivity index (χ2v) is 5.12. The van der Waals surface area contributed by atoms with Gasteiger partial charge in [0, 0.05) is 5.69 Å². The van der Waals surface area contributed by atoms with E-state index in [9.17, 15) is 4.39 Å². The van der Waals surface area contributed by atoms with E-state index in [2.05, 4.69) is 21.2 Å². The summed E-state index contributed by atoms with van der Waals surface area (Å²) in [4.78, 5) is 0. The zero-order chi connectivity index (χ0) is 14.0. The van der Waals surface area contributed by atoms with E-state index >= 15 is 0 Å². The number of anilines is 2. The SMILES string of the molecule is Cc1ccc(Nc2ccc(C#N)c(Br)c2F)cc1C. The molecule has 0 atom stereocenters. The van der Waals surface area contributed by atoms with Crippen LogP contribution in [-0.2, 0) is 0 Å². The largest absolute Gasteiger partial charge is 0.353 e. The average Bonchev–Trinajstić information content (AvgIpc) is 2.40. The van der Waals surface area contributed by atoms with E-state index in [1.807, 2.05) is 38.1 Å². The third kappa shape index (κ3) is 2.77. The predicted molar refractivity (Wildman–Crippen MR) is 78.0 cm³/mol. The smallest absolute Gasteiger partial charge is 0.162 e. The molecule has 4 heteroatoms. The lowest BCUT2D eigenvalue weighted by Gasteiger charge is -2.11. The summed E-state index contributed by atoms with van der Waals surface area (Å²) in [7, 11) is 0. The van der Waals surface area contributed by atoms with Gasteiger partial charge in [-0.2, -0.15) is 5.26 Å². The van der Waals surface area contributed by atoms with Gasteiger partial charge in [0.25, 0.3) is 0 Å². The van der Waals surface area contributed by atoms with Crippen LogP contribution in [0.1, 0.15) is 16.7 Å². The van der Waals surface area contributed by atoms with Crippen LogP contribution in [0.5, 0.6) is 0 Å². The molecular formula is C15H12BrFN2. The number of benzene rings is 2. The molecule has 0 aliphatic heterocycles. The maximum Gasteiger partial charge on any atom is 0.162 e. The van der Waals surface area contributed by atoms with Crippen molar-refractivity contribution in [2.45, 2.75) is 13.8 Å². The Labute approximate surface area is 120 Å². The summed E-state index contributed by atoms with van der Waals surface area (Å²) >= 11 is 3.09. The molecule has 2 aromatic carbocycles. The molecule has 0 aliphatic rings. The van der Waals surface area contributed by atoms with Crippen molar-refractivity contribution in [3.05, 3.63) is 57.3 Å². The van der Waals surface area contributed by atoms with Gasteiger partial charge < -0.3 is 5.32 Å². The van der Waals surface area contributed by atoms with Crippen LogP contribution in [0, 0.1) is 31.0 Å². The zero-order valence-corrected chi connectivity index (χ0v) is 12.2. The number of hydrogen-bond donors (Lipinski definition) is 1. The molecule has 0 bridgehead atoms. The average molecular weight is 319 g/mol. The van der Waals surface area contributed by atoms with Crippen molar-refractivity contribution in [2.75, 3.05) is 5.32 Å². The molecular weight excluding hydrogens is 307 g/mol. The van der Waals surface area contributed by atoms with Crippen molar-refractivity contribution in [1.82, 2.24) is 0 Å². The van der Waals surface area contributed by atoms with Crippen molar-refractivity contribution >= 4 is 27.3 Å². The van der Waals surface area contributed by atoms with E-state index in [-0.39, 0.29) is 10.0 Å². The molecule has 0 heterocycles. The molecule has 96 valence electrons. The first-order valence-electron chi connectivity index (χ1n) is 5.75. The monoisotopic (exact) mass is 318 g/mol. The second-order valence-electron chi connectivity index (χ2n) is 4.32. The standard InChI is InChI=1S/C15H12BrFN2/c1-9-3-5-12(7-10(9)2)19-13-6-4-11(8-18)14(16)15(13)17/h3-7,19H,1-2H3. The molecule has 0 fully saturated rings. The molecule has 0 saturated heterocycles. The Balaban J connectivity index is 2.36. The van der Waals surface area contributed by atoms with Crippen LogP contribution in [0.25, 0.3) is 0 Å². The molecule has 0 amide bonds. The molecule has 0 aromatic heterocycles. The minimum absolute atomic E-state index is 0.184. The number of halogens is 2. The fourth-order valence-electron chi connectivity index (χ4n) is 1.71. The lowest BCUT2D eigenvalue weighted by Crippen LogP contribution is -1.97. The van der Waals surface area contributed by atoms with E-state index in [1.54, 1.807) is 12.1 Å². The number of aryl methyl sites for hydroxylation is 2. The van der Waals surface area contributed by atoms with E-state index in [0.29, 0.717) is 5.69 Å². The molecule has 0 spiro atoms.